The summed E-state index contributed by atoms with van der Waals surface area (Å²) >= 11 is 0. The fourth-order valence-electron chi connectivity index (χ4n) is 2.50. The van der Waals surface area contributed by atoms with Gasteiger partial charge in [0.2, 0.25) is 11.8 Å². The molecular formula is C19H24N6O3. The maximum absolute atomic E-state index is 9.99. The highest BCUT2D eigenvalue weighted by atomic mass is 16.5. The van der Waals surface area contributed by atoms with E-state index in [0.29, 0.717) is 36.3 Å². The predicted molar refractivity (Wildman–Crippen MR) is 104 cm³/mol. The number of nitrogens with two attached hydrogens (primary N) is 1. The first kappa shape index (κ1) is 19.4. The zero-order valence-corrected chi connectivity index (χ0v) is 16.4. The van der Waals surface area contributed by atoms with Crippen LogP contribution in [0.15, 0.2) is 30.6 Å². The lowest BCUT2D eigenvalue weighted by atomic mass is 9.99. The van der Waals surface area contributed by atoms with Crippen molar-refractivity contribution in [1.82, 2.24) is 24.7 Å². The molecule has 9 nitrogen and oxygen atoms in total. The summed E-state index contributed by atoms with van der Waals surface area (Å²) in [5.74, 6) is 2.10. The van der Waals surface area contributed by atoms with Gasteiger partial charge in [-0.3, -0.25) is 0 Å². The van der Waals surface area contributed by atoms with E-state index < -0.39 is 0 Å². The highest BCUT2D eigenvalue weighted by Crippen LogP contribution is 2.27. The van der Waals surface area contributed by atoms with Crippen molar-refractivity contribution in [2.45, 2.75) is 27.2 Å². The molecule has 0 aliphatic rings. The smallest absolute Gasteiger partial charge is 0.240 e. The number of ether oxygens (including phenoxy) is 2. The first-order valence-corrected chi connectivity index (χ1v) is 8.78. The predicted octanol–water partition coefficient (Wildman–Crippen LogP) is 2.37. The molecule has 0 saturated heterocycles. The van der Waals surface area contributed by atoms with Crippen molar-refractivity contribution in [2.75, 3.05) is 19.5 Å². The van der Waals surface area contributed by atoms with Gasteiger partial charge in [-0.2, -0.15) is 9.67 Å². The SMILES string of the molecule is COc1ccc(Cc2nc(N)nn2-c2cc(OCC(C)(C)C)ncn2)cc1O. The zero-order valence-electron chi connectivity index (χ0n) is 16.4. The number of hydrogen-bond acceptors (Lipinski definition) is 8. The molecule has 0 saturated carbocycles. The number of rotatable bonds is 6. The van der Waals surface area contributed by atoms with E-state index in [4.69, 9.17) is 15.2 Å². The second kappa shape index (κ2) is 7.71. The summed E-state index contributed by atoms with van der Waals surface area (Å²) in [6, 6.07) is 6.84. The lowest BCUT2D eigenvalue weighted by Gasteiger charge is -2.18. The van der Waals surface area contributed by atoms with Gasteiger partial charge < -0.3 is 20.3 Å². The van der Waals surface area contributed by atoms with Gasteiger partial charge in [-0.15, -0.1) is 5.10 Å². The van der Waals surface area contributed by atoms with E-state index in [0.717, 1.165) is 5.56 Å². The Hall–Kier alpha value is -3.36. The molecule has 3 aromatic rings. The fourth-order valence-corrected chi connectivity index (χ4v) is 2.50. The van der Waals surface area contributed by atoms with Crippen molar-refractivity contribution in [3.8, 4) is 23.2 Å². The van der Waals surface area contributed by atoms with Crippen molar-refractivity contribution in [2.24, 2.45) is 5.41 Å². The second-order valence-corrected chi connectivity index (χ2v) is 7.54. The number of phenols is 1. The molecule has 0 radical (unpaired) electrons. The molecule has 0 unspecified atom stereocenters. The lowest BCUT2D eigenvalue weighted by Crippen LogP contribution is -2.17. The summed E-state index contributed by atoms with van der Waals surface area (Å²) in [5.41, 5.74) is 6.64. The Morgan fingerprint density at radius 2 is 1.96 bits per heavy atom. The van der Waals surface area contributed by atoms with Crippen LogP contribution < -0.4 is 15.2 Å². The van der Waals surface area contributed by atoms with Crippen LogP contribution in [0.5, 0.6) is 17.4 Å². The highest BCUT2D eigenvalue weighted by molar-refractivity contribution is 5.43. The Bertz CT molecular complexity index is 965. The van der Waals surface area contributed by atoms with Crippen LogP contribution in [0.3, 0.4) is 0 Å². The molecule has 148 valence electrons. The molecule has 1 aromatic carbocycles. The maximum atomic E-state index is 9.99. The van der Waals surface area contributed by atoms with Crippen LogP contribution in [0.2, 0.25) is 0 Å². The highest BCUT2D eigenvalue weighted by Gasteiger charge is 2.16. The number of anilines is 1. The molecule has 0 amide bonds. The first-order valence-electron chi connectivity index (χ1n) is 8.78. The van der Waals surface area contributed by atoms with Gasteiger partial charge in [0, 0.05) is 12.5 Å². The van der Waals surface area contributed by atoms with Crippen LogP contribution in [0.25, 0.3) is 5.82 Å². The summed E-state index contributed by atoms with van der Waals surface area (Å²) in [4.78, 5) is 12.7. The average Bonchev–Trinajstić information content (AvgIpc) is 3.00. The van der Waals surface area contributed by atoms with Crippen LogP contribution in [-0.4, -0.2) is 43.6 Å². The average molecular weight is 384 g/mol. The van der Waals surface area contributed by atoms with E-state index in [2.05, 4.69) is 40.8 Å². The lowest BCUT2D eigenvalue weighted by molar-refractivity contribution is 0.191. The van der Waals surface area contributed by atoms with Gasteiger partial charge in [-0.1, -0.05) is 26.8 Å². The quantitative estimate of drug-likeness (QED) is 0.664. The molecule has 0 atom stereocenters. The zero-order chi connectivity index (χ0) is 20.3. The second-order valence-electron chi connectivity index (χ2n) is 7.54. The molecule has 0 aliphatic carbocycles. The number of aromatic hydroxyl groups is 1. The maximum Gasteiger partial charge on any atom is 0.240 e. The van der Waals surface area contributed by atoms with Gasteiger partial charge in [0.25, 0.3) is 0 Å². The Morgan fingerprint density at radius 3 is 2.64 bits per heavy atom. The monoisotopic (exact) mass is 384 g/mol. The Morgan fingerprint density at radius 1 is 1.18 bits per heavy atom. The number of nitrogen functional groups attached to an aromatic ring is 1. The molecule has 2 heterocycles. The molecule has 0 spiro atoms. The van der Waals surface area contributed by atoms with Gasteiger partial charge in [-0.05, 0) is 23.1 Å². The number of hydrogen-bond donors (Lipinski definition) is 2. The van der Waals surface area contributed by atoms with Crippen LogP contribution in [0.1, 0.15) is 32.2 Å². The van der Waals surface area contributed by atoms with Gasteiger partial charge in [0.05, 0.1) is 13.7 Å². The number of aromatic nitrogens is 5. The van der Waals surface area contributed by atoms with E-state index in [1.807, 2.05) is 6.07 Å². The van der Waals surface area contributed by atoms with E-state index >= 15 is 0 Å². The summed E-state index contributed by atoms with van der Waals surface area (Å²) in [7, 11) is 1.50. The van der Waals surface area contributed by atoms with Crippen molar-refractivity contribution in [3.63, 3.8) is 0 Å². The third-order valence-corrected chi connectivity index (χ3v) is 3.79. The third-order valence-electron chi connectivity index (χ3n) is 3.79. The number of methoxy groups -OCH3 is 1. The molecule has 0 aliphatic heterocycles. The normalized spacial score (nSPS) is 11.4. The number of phenolic OH excluding ortho intramolecular Hbond substituents is 1. The summed E-state index contributed by atoms with van der Waals surface area (Å²) in [6.45, 7) is 6.75. The van der Waals surface area contributed by atoms with Crippen molar-refractivity contribution < 1.29 is 14.6 Å². The van der Waals surface area contributed by atoms with Crippen LogP contribution in [-0.2, 0) is 6.42 Å². The Labute approximate surface area is 163 Å². The van der Waals surface area contributed by atoms with E-state index in [1.165, 1.54) is 13.4 Å². The largest absolute Gasteiger partial charge is 0.504 e. The van der Waals surface area contributed by atoms with Crippen molar-refractivity contribution in [3.05, 3.63) is 42.0 Å². The summed E-state index contributed by atoms with van der Waals surface area (Å²) < 4.78 is 12.4. The minimum Gasteiger partial charge on any atom is -0.504 e. The minimum absolute atomic E-state index is 0.00429. The van der Waals surface area contributed by atoms with Gasteiger partial charge in [0.1, 0.15) is 12.2 Å². The van der Waals surface area contributed by atoms with Gasteiger partial charge in [0.15, 0.2) is 17.3 Å². The number of nitrogens with zero attached hydrogens (tertiary/aromatic N) is 5. The van der Waals surface area contributed by atoms with Crippen molar-refractivity contribution in [1.29, 1.82) is 0 Å². The molecule has 0 bridgehead atoms. The fraction of sp³-hybridized carbons (Fsp3) is 0.368. The first-order chi connectivity index (χ1) is 13.2. The van der Waals surface area contributed by atoms with E-state index in [1.54, 1.807) is 22.9 Å². The molecular weight excluding hydrogens is 360 g/mol. The Balaban J connectivity index is 1.87. The third kappa shape index (κ3) is 4.67. The molecule has 2 aromatic heterocycles. The molecule has 3 rings (SSSR count). The topological polar surface area (TPSA) is 121 Å². The molecule has 0 fully saturated rings. The van der Waals surface area contributed by atoms with Crippen LogP contribution in [0, 0.1) is 5.41 Å². The summed E-state index contributed by atoms with van der Waals surface area (Å²) in [5, 5.41) is 14.2. The van der Waals surface area contributed by atoms with E-state index in [9.17, 15) is 5.11 Å². The standard InChI is InChI=1S/C19H24N6O3/c1-19(2,3)10-28-17-9-15(21-11-22-17)25-16(23-18(20)24-25)8-12-5-6-14(27-4)13(26)7-12/h5-7,9,11,26H,8,10H2,1-4H3,(H2,20,24). The van der Waals surface area contributed by atoms with Crippen LogP contribution >= 0.6 is 0 Å². The minimum atomic E-state index is 0.00429. The molecule has 9 heteroatoms. The molecule has 3 N–H and O–H groups in total. The number of benzene rings is 1. The van der Waals surface area contributed by atoms with E-state index in [-0.39, 0.29) is 17.1 Å². The van der Waals surface area contributed by atoms with Gasteiger partial charge in [-0.25, -0.2) is 9.97 Å². The van der Waals surface area contributed by atoms with Crippen LogP contribution in [0.4, 0.5) is 5.95 Å². The molecule has 28 heavy (non-hydrogen) atoms. The Kier molecular flexibility index (Phi) is 5.34. The van der Waals surface area contributed by atoms with Gasteiger partial charge >= 0.3 is 0 Å². The summed E-state index contributed by atoms with van der Waals surface area (Å²) in [6.07, 6.45) is 1.80. The van der Waals surface area contributed by atoms with Crippen molar-refractivity contribution >= 4 is 5.95 Å².